The Balaban J connectivity index is 0.00000343. The highest BCUT2D eigenvalue weighted by molar-refractivity contribution is 7.13. The van der Waals surface area contributed by atoms with Crippen LogP contribution in [0.15, 0.2) is 24.3 Å². The lowest BCUT2D eigenvalue weighted by Gasteiger charge is -2.40. The quantitative estimate of drug-likeness (QED) is 0.519. The molecule has 3 heterocycles. The molecule has 2 bridgehead atoms. The number of carbonyl (C=O) groups excluding carboxylic acids is 2. The average molecular weight is 537 g/mol. The van der Waals surface area contributed by atoms with Gasteiger partial charge in [-0.05, 0) is 79.4 Å². The van der Waals surface area contributed by atoms with Gasteiger partial charge in [-0.1, -0.05) is 25.0 Å². The summed E-state index contributed by atoms with van der Waals surface area (Å²) in [4.78, 5) is 29.6. The minimum Gasteiger partial charge on any atom is -0.353 e. The molecule has 5 aliphatic rings. The van der Waals surface area contributed by atoms with Gasteiger partial charge in [0.15, 0.2) is 0 Å². The largest absolute Gasteiger partial charge is 0.353 e. The highest BCUT2D eigenvalue weighted by atomic mass is 35.5. The van der Waals surface area contributed by atoms with Crippen LogP contribution in [0.4, 0.5) is 5.82 Å². The van der Waals surface area contributed by atoms with E-state index in [0.717, 1.165) is 48.5 Å². The molecule has 3 saturated carbocycles. The third kappa shape index (κ3) is 4.06. The minimum absolute atomic E-state index is 0. The van der Waals surface area contributed by atoms with Crippen LogP contribution in [0.2, 0.25) is 0 Å². The predicted octanol–water partition coefficient (Wildman–Crippen LogP) is 4.68. The normalized spacial score (nSPS) is 43.3. The van der Waals surface area contributed by atoms with Crippen LogP contribution in [0.5, 0.6) is 0 Å². The van der Waals surface area contributed by atoms with Crippen molar-refractivity contribution in [2.24, 2.45) is 35.5 Å². The van der Waals surface area contributed by atoms with E-state index in [1.807, 2.05) is 0 Å². The first kappa shape index (κ1) is 17.0. The molecule has 2 amide bonds. The van der Waals surface area contributed by atoms with Crippen molar-refractivity contribution in [3.63, 3.8) is 0 Å². The molecule has 0 spiro atoms. The third-order valence-electron chi connectivity index (χ3n) is 9.08. The van der Waals surface area contributed by atoms with Crippen molar-refractivity contribution >= 4 is 51.7 Å². The van der Waals surface area contributed by atoms with Gasteiger partial charge in [-0.2, -0.15) is 4.37 Å². The summed E-state index contributed by atoms with van der Waals surface area (Å²) in [7, 11) is 0. The Labute approximate surface area is 235 Å². The van der Waals surface area contributed by atoms with Crippen molar-refractivity contribution in [3.8, 4) is 0 Å². The molecule has 1 aromatic heterocycles. The number of rotatable bonds is 5. The van der Waals surface area contributed by atoms with Crippen LogP contribution < -0.4 is 4.90 Å². The first-order chi connectivity index (χ1) is 20.2. The van der Waals surface area contributed by atoms with Gasteiger partial charge in [0, 0.05) is 49.9 Å². The molecule has 0 N–H and O–H groups in total. The maximum atomic E-state index is 13.4. The highest BCUT2D eigenvalue weighted by Gasteiger charge is 2.61. The number of aromatic nitrogens is 1. The standard InChI is InChI=1S/C28H36N4O2S.ClH/c33-27-24-18-9-10-19(15-18)25(24)28(34)32(27)17-21-6-2-1-5-20(21)16-30-11-13-31(14-12-30)26-22-7-3-4-8-23(22)35-29-26;/h3-4,7-8,18-21,24-25H,1-2,5-6,9-17H2;1H/t18?,19?,20-,21-,24?,25?;/m0./s1/i11D2,12D2,13D2,14D2;. The second-order valence-corrected chi connectivity index (χ2v) is 11.7. The molecule has 6 atom stereocenters. The number of hydrogen-bond donors (Lipinski definition) is 0. The number of fused-ring (bicyclic) bond motifs is 6. The summed E-state index contributed by atoms with van der Waals surface area (Å²) in [5.41, 5.74) is 0. The molecule has 8 heteroatoms. The van der Waals surface area contributed by atoms with E-state index in [1.165, 1.54) is 4.90 Å². The van der Waals surface area contributed by atoms with E-state index >= 15 is 0 Å². The number of piperazine rings is 1. The lowest BCUT2D eigenvalue weighted by molar-refractivity contribution is -0.142. The molecule has 36 heavy (non-hydrogen) atoms. The Morgan fingerprint density at radius 3 is 2.22 bits per heavy atom. The Morgan fingerprint density at radius 2 is 1.53 bits per heavy atom. The van der Waals surface area contributed by atoms with E-state index < -0.39 is 26.0 Å². The first-order valence-corrected chi connectivity index (χ1v) is 13.7. The summed E-state index contributed by atoms with van der Waals surface area (Å²) in [6.45, 7) is -12.0. The maximum Gasteiger partial charge on any atom is 0.233 e. The molecule has 0 radical (unpaired) electrons. The minimum atomic E-state index is -3.00. The zero-order valence-corrected chi connectivity index (χ0v) is 21.7. The van der Waals surface area contributed by atoms with Crippen molar-refractivity contribution in [1.29, 1.82) is 0 Å². The van der Waals surface area contributed by atoms with Crippen LogP contribution in [-0.4, -0.2) is 65.1 Å². The van der Waals surface area contributed by atoms with Crippen LogP contribution in [-0.2, 0) is 9.59 Å². The number of carbonyl (C=O) groups is 2. The molecule has 5 fully saturated rings. The molecule has 4 unspecified atom stereocenters. The van der Waals surface area contributed by atoms with Crippen molar-refractivity contribution < 1.29 is 20.6 Å². The molecule has 6 nitrogen and oxygen atoms in total. The van der Waals surface area contributed by atoms with Gasteiger partial charge in [-0.25, -0.2) is 0 Å². The van der Waals surface area contributed by atoms with Gasteiger partial charge in [0.2, 0.25) is 11.8 Å². The third-order valence-corrected chi connectivity index (χ3v) is 9.90. The van der Waals surface area contributed by atoms with Crippen molar-refractivity contribution in [1.82, 2.24) is 14.2 Å². The second kappa shape index (κ2) is 9.88. The number of likely N-dealkylation sites (tertiary alicyclic amines) is 1. The number of hydrogen-bond acceptors (Lipinski definition) is 6. The Bertz CT molecular complexity index is 1420. The fourth-order valence-electron chi connectivity index (χ4n) is 7.39. The number of anilines is 1. The molecular formula is C28H37ClN4O2S. The lowest BCUT2D eigenvalue weighted by atomic mass is 9.78. The van der Waals surface area contributed by atoms with E-state index in [1.54, 1.807) is 24.3 Å². The van der Waals surface area contributed by atoms with Crippen LogP contribution in [0.1, 0.15) is 55.9 Å². The molecule has 3 aliphatic carbocycles. The fourth-order valence-corrected chi connectivity index (χ4v) is 8.15. The highest BCUT2D eigenvalue weighted by Crippen LogP contribution is 2.56. The monoisotopic (exact) mass is 536 g/mol. The number of nitrogens with zero attached hydrogens (tertiary/aromatic N) is 4. The Hall–Kier alpha value is -1.70. The van der Waals surface area contributed by atoms with Crippen LogP contribution in [0.25, 0.3) is 10.1 Å². The van der Waals surface area contributed by atoms with Gasteiger partial charge in [0.05, 0.1) is 22.0 Å². The summed E-state index contributed by atoms with van der Waals surface area (Å²) < 4.78 is 76.7. The van der Waals surface area contributed by atoms with Crippen LogP contribution in [0.3, 0.4) is 0 Å². The second-order valence-electron chi connectivity index (χ2n) is 10.9. The van der Waals surface area contributed by atoms with Crippen molar-refractivity contribution in [3.05, 3.63) is 24.3 Å². The number of halogens is 1. The summed E-state index contributed by atoms with van der Waals surface area (Å²) in [5, 5.41) is 0.422. The van der Waals surface area contributed by atoms with E-state index in [-0.39, 0.29) is 78.6 Å². The summed E-state index contributed by atoms with van der Waals surface area (Å²) in [6.07, 6.45) is 5.86. The zero-order valence-electron chi connectivity index (χ0n) is 28.1. The van der Waals surface area contributed by atoms with Crippen molar-refractivity contribution in [2.75, 3.05) is 44.0 Å². The van der Waals surface area contributed by atoms with Crippen molar-refractivity contribution in [2.45, 2.75) is 44.9 Å². The van der Waals surface area contributed by atoms with Gasteiger partial charge in [0.1, 0.15) is 5.82 Å². The summed E-state index contributed by atoms with van der Waals surface area (Å²) in [5.74, 6) is -0.817. The van der Waals surface area contributed by atoms with E-state index in [2.05, 4.69) is 4.37 Å². The number of imide groups is 1. The van der Waals surface area contributed by atoms with Gasteiger partial charge < -0.3 is 4.90 Å². The van der Waals surface area contributed by atoms with Gasteiger partial charge in [-0.15, -0.1) is 12.4 Å². The molecule has 1 aromatic carbocycles. The summed E-state index contributed by atoms with van der Waals surface area (Å²) in [6, 6.07) is 6.86. The molecule has 7 rings (SSSR count). The maximum absolute atomic E-state index is 13.4. The number of amides is 2. The topological polar surface area (TPSA) is 56.8 Å². The first-order valence-electron chi connectivity index (χ1n) is 17.0. The number of benzene rings is 1. The molecule has 194 valence electrons. The predicted molar refractivity (Wildman–Crippen MR) is 145 cm³/mol. The molecule has 2 aromatic rings. The smallest absolute Gasteiger partial charge is 0.233 e. The van der Waals surface area contributed by atoms with E-state index in [0.29, 0.717) is 27.8 Å². The Morgan fingerprint density at radius 1 is 0.889 bits per heavy atom. The molecule has 2 aliphatic heterocycles. The van der Waals surface area contributed by atoms with Crippen LogP contribution >= 0.6 is 23.9 Å². The van der Waals surface area contributed by atoms with Gasteiger partial charge in [-0.3, -0.25) is 19.4 Å². The van der Waals surface area contributed by atoms with E-state index in [9.17, 15) is 9.59 Å². The van der Waals surface area contributed by atoms with E-state index in [4.69, 9.17) is 11.0 Å². The molecular weight excluding hydrogens is 492 g/mol. The zero-order chi connectivity index (χ0) is 30.7. The lowest BCUT2D eigenvalue weighted by Crippen LogP contribution is -2.49. The fraction of sp³-hybridized carbons (Fsp3) is 0.679. The summed E-state index contributed by atoms with van der Waals surface area (Å²) >= 11 is 1.02. The van der Waals surface area contributed by atoms with Crippen LogP contribution in [0, 0.1) is 35.5 Å². The van der Waals surface area contributed by atoms with Gasteiger partial charge >= 0.3 is 0 Å². The Kier molecular flexibility index (Phi) is 4.67. The average Bonchev–Trinajstić information content (AvgIpc) is 3.72. The molecule has 2 saturated heterocycles. The SMILES string of the molecule is Cl.[2H]C1([2H])N(C[C@@H]2CCCC[C@H]2CN2C(=O)C3C4CCC(C4)C3C2=O)C([2H])([2H])C([2H])([2H])N(c2nsc3ccccc23)C1([2H])[2H]. The van der Waals surface area contributed by atoms with Gasteiger partial charge in [0.25, 0.3) is 0 Å².